The lowest BCUT2D eigenvalue weighted by Crippen LogP contribution is -2.17. The van der Waals surface area contributed by atoms with Crippen LogP contribution in [-0.2, 0) is 9.53 Å². The second-order valence-electron chi connectivity index (χ2n) is 4.40. The molecule has 1 unspecified atom stereocenters. The topological polar surface area (TPSA) is 64.3 Å². The van der Waals surface area contributed by atoms with E-state index < -0.39 is 0 Å². The van der Waals surface area contributed by atoms with Gasteiger partial charge in [0.1, 0.15) is 0 Å². The Labute approximate surface area is 114 Å². The third-order valence-electron chi connectivity index (χ3n) is 2.49. The molecule has 0 spiro atoms. The van der Waals surface area contributed by atoms with Crippen LogP contribution in [0, 0.1) is 17.8 Å². The monoisotopic (exact) mass is 260 g/mol. The van der Waals surface area contributed by atoms with Crippen LogP contribution in [0.15, 0.2) is 24.3 Å². The summed E-state index contributed by atoms with van der Waals surface area (Å²) in [6, 6.07) is 7.38. The highest BCUT2D eigenvalue weighted by Crippen LogP contribution is 2.11. The summed E-state index contributed by atoms with van der Waals surface area (Å²) >= 11 is 0. The summed E-state index contributed by atoms with van der Waals surface area (Å²) in [7, 11) is 1.63. The third-order valence-corrected chi connectivity index (χ3v) is 2.49. The second-order valence-corrected chi connectivity index (χ2v) is 4.40. The molecular weight excluding hydrogens is 240 g/mol. The molecule has 1 aromatic carbocycles. The highest BCUT2D eigenvalue weighted by molar-refractivity contribution is 5.90. The summed E-state index contributed by atoms with van der Waals surface area (Å²) in [5.41, 5.74) is 6.96. The smallest absolute Gasteiger partial charge is 0.224 e. The first-order chi connectivity index (χ1) is 9.15. The van der Waals surface area contributed by atoms with Crippen molar-refractivity contribution in [1.82, 2.24) is 0 Å². The zero-order valence-corrected chi connectivity index (χ0v) is 11.4. The maximum Gasteiger partial charge on any atom is 0.224 e. The highest BCUT2D eigenvalue weighted by Gasteiger charge is 2.08. The van der Waals surface area contributed by atoms with Gasteiger partial charge in [0.05, 0.1) is 6.54 Å². The second kappa shape index (κ2) is 8.30. The number of methoxy groups -OCH3 is 1. The Morgan fingerprint density at radius 1 is 1.42 bits per heavy atom. The Bertz CT molecular complexity index is 457. The lowest BCUT2D eigenvalue weighted by Gasteiger charge is -2.10. The summed E-state index contributed by atoms with van der Waals surface area (Å²) < 4.78 is 5.00. The van der Waals surface area contributed by atoms with Crippen LogP contribution in [0.1, 0.15) is 18.9 Å². The van der Waals surface area contributed by atoms with E-state index in [-0.39, 0.29) is 11.8 Å². The molecule has 0 aliphatic rings. The van der Waals surface area contributed by atoms with Gasteiger partial charge in [-0.25, -0.2) is 0 Å². The molecule has 0 aromatic heterocycles. The van der Waals surface area contributed by atoms with E-state index in [1.807, 2.05) is 31.2 Å². The molecule has 0 aliphatic carbocycles. The molecule has 0 fully saturated rings. The lowest BCUT2D eigenvalue weighted by atomic mass is 10.1. The Kier molecular flexibility index (Phi) is 6.65. The van der Waals surface area contributed by atoms with Gasteiger partial charge in [-0.15, -0.1) is 0 Å². The Hall–Kier alpha value is -1.83. The molecule has 102 valence electrons. The molecule has 19 heavy (non-hydrogen) atoms. The normalized spacial score (nSPS) is 11.3. The largest absolute Gasteiger partial charge is 0.384 e. The van der Waals surface area contributed by atoms with Gasteiger partial charge in [0, 0.05) is 31.4 Å². The maximum atomic E-state index is 11.7. The van der Waals surface area contributed by atoms with Gasteiger partial charge in [-0.3, -0.25) is 4.79 Å². The molecule has 3 N–H and O–H groups in total. The first-order valence-electron chi connectivity index (χ1n) is 6.23. The number of carbonyl (C=O) groups is 1. The minimum absolute atomic E-state index is 0.00894. The van der Waals surface area contributed by atoms with Crippen molar-refractivity contribution in [1.29, 1.82) is 0 Å². The number of hydrogen-bond acceptors (Lipinski definition) is 3. The predicted molar refractivity (Wildman–Crippen MR) is 76.7 cm³/mol. The highest BCUT2D eigenvalue weighted by atomic mass is 16.5. The van der Waals surface area contributed by atoms with Gasteiger partial charge in [0.2, 0.25) is 5.91 Å². The predicted octanol–water partition coefficient (Wildman–Crippen LogP) is 1.61. The molecule has 1 aromatic rings. The van der Waals surface area contributed by atoms with Crippen LogP contribution in [0.5, 0.6) is 0 Å². The van der Waals surface area contributed by atoms with Crippen molar-refractivity contribution in [2.75, 3.05) is 25.6 Å². The quantitative estimate of drug-likeness (QED) is 0.790. The van der Waals surface area contributed by atoms with Crippen molar-refractivity contribution < 1.29 is 9.53 Å². The van der Waals surface area contributed by atoms with Crippen LogP contribution < -0.4 is 11.1 Å². The van der Waals surface area contributed by atoms with E-state index in [0.29, 0.717) is 19.6 Å². The average Bonchev–Trinajstić information content (AvgIpc) is 2.38. The molecule has 0 saturated heterocycles. The third kappa shape index (κ3) is 6.05. The Morgan fingerprint density at radius 2 is 2.11 bits per heavy atom. The molecule has 0 radical (unpaired) electrons. The fourth-order valence-electron chi connectivity index (χ4n) is 1.66. The molecule has 0 bridgehead atoms. The van der Waals surface area contributed by atoms with Crippen LogP contribution in [-0.4, -0.2) is 26.2 Å². The number of rotatable bonds is 5. The van der Waals surface area contributed by atoms with Crippen LogP contribution in [0.4, 0.5) is 5.69 Å². The minimum Gasteiger partial charge on any atom is -0.384 e. The minimum atomic E-state index is -0.00894. The molecule has 1 amide bonds. The van der Waals surface area contributed by atoms with Gasteiger partial charge < -0.3 is 15.8 Å². The van der Waals surface area contributed by atoms with E-state index in [1.165, 1.54) is 0 Å². The molecule has 4 heteroatoms. The number of carbonyl (C=O) groups excluding carboxylic acids is 1. The van der Waals surface area contributed by atoms with Crippen LogP contribution >= 0.6 is 0 Å². The summed E-state index contributed by atoms with van der Waals surface area (Å²) in [6.45, 7) is 2.91. The van der Waals surface area contributed by atoms with Crippen molar-refractivity contribution in [3.05, 3.63) is 29.8 Å². The van der Waals surface area contributed by atoms with Crippen LogP contribution in [0.3, 0.4) is 0 Å². The van der Waals surface area contributed by atoms with Crippen molar-refractivity contribution in [2.45, 2.75) is 13.3 Å². The van der Waals surface area contributed by atoms with E-state index in [0.717, 1.165) is 11.3 Å². The maximum absolute atomic E-state index is 11.7. The molecule has 0 heterocycles. The van der Waals surface area contributed by atoms with Crippen molar-refractivity contribution >= 4 is 11.6 Å². The molecule has 1 atom stereocenters. The molecular formula is C15H20N2O2. The summed E-state index contributed by atoms with van der Waals surface area (Å²) in [4.78, 5) is 11.7. The van der Waals surface area contributed by atoms with Crippen molar-refractivity contribution in [2.24, 2.45) is 11.7 Å². The fraction of sp³-hybridized carbons (Fsp3) is 0.400. The van der Waals surface area contributed by atoms with Gasteiger partial charge in [-0.05, 0) is 30.2 Å². The number of nitrogens with two attached hydrogens (primary N) is 1. The van der Waals surface area contributed by atoms with Crippen molar-refractivity contribution in [3.63, 3.8) is 0 Å². The van der Waals surface area contributed by atoms with Gasteiger partial charge in [-0.2, -0.15) is 0 Å². The zero-order valence-electron chi connectivity index (χ0n) is 11.4. The summed E-state index contributed by atoms with van der Waals surface area (Å²) in [5, 5.41) is 2.85. The Morgan fingerprint density at radius 3 is 2.68 bits per heavy atom. The van der Waals surface area contributed by atoms with E-state index in [2.05, 4.69) is 17.2 Å². The standard InChI is InChI=1S/C15H20N2O2/c1-12(11-19-2)10-15(18)17-14-7-5-13(6-8-14)4-3-9-16/h5-8,12H,9-11,16H2,1-2H3,(H,17,18). The molecule has 4 nitrogen and oxygen atoms in total. The molecule has 0 saturated carbocycles. The number of anilines is 1. The number of benzene rings is 1. The van der Waals surface area contributed by atoms with E-state index in [1.54, 1.807) is 7.11 Å². The van der Waals surface area contributed by atoms with Crippen LogP contribution in [0.2, 0.25) is 0 Å². The zero-order chi connectivity index (χ0) is 14.1. The van der Waals surface area contributed by atoms with Gasteiger partial charge >= 0.3 is 0 Å². The van der Waals surface area contributed by atoms with E-state index in [4.69, 9.17) is 10.5 Å². The fourth-order valence-corrected chi connectivity index (χ4v) is 1.66. The first-order valence-corrected chi connectivity index (χ1v) is 6.23. The molecule has 0 aliphatic heterocycles. The lowest BCUT2D eigenvalue weighted by molar-refractivity contribution is -0.117. The van der Waals surface area contributed by atoms with E-state index >= 15 is 0 Å². The summed E-state index contributed by atoms with van der Waals surface area (Å²) in [5.74, 6) is 5.91. The summed E-state index contributed by atoms with van der Waals surface area (Å²) in [6.07, 6.45) is 0.447. The van der Waals surface area contributed by atoms with Gasteiger partial charge in [0.25, 0.3) is 0 Å². The van der Waals surface area contributed by atoms with Crippen LogP contribution in [0.25, 0.3) is 0 Å². The Balaban J connectivity index is 2.51. The number of amides is 1. The average molecular weight is 260 g/mol. The van der Waals surface area contributed by atoms with E-state index in [9.17, 15) is 4.79 Å². The molecule has 1 rings (SSSR count). The first kappa shape index (κ1) is 15.2. The SMILES string of the molecule is COCC(C)CC(=O)Nc1ccc(C#CCN)cc1. The number of ether oxygens (including phenoxy) is 1. The number of nitrogens with one attached hydrogen (secondary N) is 1. The number of hydrogen-bond donors (Lipinski definition) is 2. The van der Waals surface area contributed by atoms with Gasteiger partial charge in [-0.1, -0.05) is 18.8 Å². The van der Waals surface area contributed by atoms with Crippen molar-refractivity contribution in [3.8, 4) is 11.8 Å². The van der Waals surface area contributed by atoms with Gasteiger partial charge in [0.15, 0.2) is 0 Å².